The molecule has 1 aromatic carbocycles. The third kappa shape index (κ3) is 4.42. The first-order valence-electron chi connectivity index (χ1n) is 7.93. The molecule has 1 heterocycles. The van der Waals surface area contributed by atoms with Gasteiger partial charge in [-0.3, -0.25) is 9.48 Å². The van der Waals surface area contributed by atoms with Crippen LogP contribution in [0.15, 0.2) is 47.6 Å². The number of aryl methyl sites for hydroxylation is 1. The minimum atomic E-state index is -3.55. The molecule has 0 aliphatic heterocycles. The molecular formula is C16H20N4O3S. The van der Waals surface area contributed by atoms with Crippen molar-refractivity contribution in [2.75, 3.05) is 6.54 Å². The number of sulfonamides is 1. The fourth-order valence-electron chi connectivity index (χ4n) is 2.27. The molecule has 0 unspecified atom stereocenters. The molecule has 0 bridgehead atoms. The second-order valence-electron chi connectivity index (χ2n) is 5.80. The van der Waals surface area contributed by atoms with Gasteiger partial charge in [0.2, 0.25) is 10.0 Å². The summed E-state index contributed by atoms with van der Waals surface area (Å²) in [6.07, 6.45) is 6.06. The summed E-state index contributed by atoms with van der Waals surface area (Å²) in [6.45, 7) is 1.21. The molecule has 3 rings (SSSR count). The molecule has 1 amide bonds. The topological polar surface area (TPSA) is 93.1 Å². The lowest BCUT2D eigenvalue weighted by Gasteiger charge is -2.08. The Bertz CT molecular complexity index is 798. The van der Waals surface area contributed by atoms with E-state index < -0.39 is 10.0 Å². The maximum absolute atomic E-state index is 12.2. The van der Waals surface area contributed by atoms with Crippen molar-refractivity contribution in [1.82, 2.24) is 19.8 Å². The van der Waals surface area contributed by atoms with E-state index in [1.807, 2.05) is 12.3 Å². The second kappa shape index (κ2) is 7.14. The Labute approximate surface area is 141 Å². The molecule has 7 nitrogen and oxygen atoms in total. The van der Waals surface area contributed by atoms with E-state index in [0.717, 1.165) is 19.3 Å². The number of benzene rings is 1. The van der Waals surface area contributed by atoms with Crippen LogP contribution in [0.5, 0.6) is 0 Å². The molecule has 0 atom stereocenters. The fraction of sp³-hybridized carbons (Fsp3) is 0.375. The van der Waals surface area contributed by atoms with Crippen LogP contribution in [0.1, 0.15) is 29.6 Å². The van der Waals surface area contributed by atoms with E-state index in [1.54, 1.807) is 23.0 Å². The zero-order chi connectivity index (χ0) is 17.0. The van der Waals surface area contributed by atoms with Crippen LogP contribution in [0, 0.1) is 0 Å². The molecule has 0 spiro atoms. The molecule has 1 aromatic heterocycles. The van der Waals surface area contributed by atoms with Gasteiger partial charge in [0.05, 0.1) is 4.90 Å². The molecule has 1 fully saturated rings. The highest BCUT2D eigenvalue weighted by atomic mass is 32.2. The van der Waals surface area contributed by atoms with Gasteiger partial charge in [0.1, 0.15) is 0 Å². The van der Waals surface area contributed by atoms with Crippen molar-refractivity contribution in [2.24, 2.45) is 0 Å². The van der Waals surface area contributed by atoms with E-state index in [2.05, 4.69) is 15.1 Å². The second-order valence-corrected chi connectivity index (χ2v) is 7.52. The first-order valence-corrected chi connectivity index (χ1v) is 9.41. The monoisotopic (exact) mass is 348 g/mol. The number of hydrogen-bond donors (Lipinski definition) is 2. The van der Waals surface area contributed by atoms with Crippen LogP contribution in [0.4, 0.5) is 0 Å². The normalized spacial score (nSPS) is 14.5. The predicted molar refractivity (Wildman–Crippen MR) is 89.0 cm³/mol. The minimum Gasteiger partial charge on any atom is -0.352 e. The molecule has 24 heavy (non-hydrogen) atoms. The van der Waals surface area contributed by atoms with Crippen molar-refractivity contribution < 1.29 is 13.2 Å². The van der Waals surface area contributed by atoms with Crippen LogP contribution < -0.4 is 10.0 Å². The highest BCUT2D eigenvalue weighted by molar-refractivity contribution is 7.89. The van der Waals surface area contributed by atoms with E-state index in [9.17, 15) is 13.2 Å². The highest BCUT2D eigenvalue weighted by Gasteiger charge is 2.28. The Balaban J connectivity index is 1.55. The molecule has 0 radical (unpaired) electrons. The van der Waals surface area contributed by atoms with Crippen LogP contribution in [0.25, 0.3) is 0 Å². The Morgan fingerprint density at radius 2 is 2.12 bits per heavy atom. The van der Waals surface area contributed by atoms with Crippen LogP contribution in [0.3, 0.4) is 0 Å². The Morgan fingerprint density at radius 3 is 2.83 bits per heavy atom. The van der Waals surface area contributed by atoms with Gasteiger partial charge >= 0.3 is 0 Å². The van der Waals surface area contributed by atoms with Crippen molar-refractivity contribution in [3.05, 3.63) is 48.3 Å². The summed E-state index contributed by atoms with van der Waals surface area (Å²) in [5, 5.41) is 6.89. The number of amides is 1. The van der Waals surface area contributed by atoms with E-state index in [-0.39, 0.29) is 16.8 Å². The number of nitrogens with zero attached hydrogens (tertiary/aromatic N) is 2. The van der Waals surface area contributed by atoms with Crippen LogP contribution in [-0.2, 0) is 16.6 Å². The molecule has 0 saturated heterocycles. The van der Waals surface area contributed by atoms with Crippen LogP contribution in [-0.4, -0.2) is 36.7 Å². The zero-order valence-corrected chi connectivity index (χ0v) is 14.0. The largest absolute Gasteiger partial charge is 0.352 e. The van der Waals surface area contributed by atoms with Crippen molar-refractivity contribution in [2.45, 2.75) is 36.7 Å². The molecule has 1 aliphatic rings. The maximum atomic E-state index is 12.2. The maximum Gasteiger partial charge on any atom is 0.251 e. The minimum absolute atomic E-state index is 0.0368. The molecule has 2 N–H and O–H groups in total. The number of carbonyl (C=O) groups excluding carboxylic acids is 1. The van der Waals surface area contributed by atoms with Gasteiger partial charge in [-0.1, -0.05) is 6.07 Å². The SMILES string of the molecule is O=C(NCCCn1cccn1)c1cccc(S(=O)(=O)NC2CC2)c1. The number of nitrogens with one attached hydrogen (secondary N) is 2. The standard InChI is InChI=1S/C16H20N4O3S/c21-16(17-8-2-10-20-11-3-9-18-20)13-4-1-5-15(12-13)24(22,23)19-14-6-7-14/h1,3-5,9,11-12,14,19H,2,6-8,10H2,(H,17,21). The van der Waals surface area contributed by atoms with Crippen LogP contribution >= 0.6 is 0 Å². The van der Waals surface area contributed by atoms with Gasteiger partial charge in [0, 0.05) is 37.1 Å². The summed E-state index contributed by atoms with van der Waals surface area (Å²) in [7, 11) is -3.55. The van der Waals surface area contributed by atoms with E-state index in [1.165, 1.54) is 12.1 Å². The number of aromatic nitrogens is 2. The predicted octanol–water partition coefficient (Wildman–Crippen LogP) is 1.14. The van der Waals surface area contributed by atoms with Gasteiger partial charge in [0.25, 0.3) is 5.91 Å². The number of carbonyl (C=O) groups is 1. The van der Waals surface area contributed by atoms with Crippen molar-refractivity contribution in [3.8, 4) is 0 Å². The Kier molecular flexibility index (Phi) is 4.96. The zero-order valence-electron chi connectivity index (χ0n) is 13.2. The van der Waals surface area contributed by atoms with Crippen LogP contribution in [0.2, 0.25) is 0 Å². The fourth-order valence-corrected chi connectivity index (χ4v) is 3.62. The molecule has 1 aliphatic carbocycles. The molecule has 2 aromatic rings. The summed E-state index contributed by atoms with van der Waals surface area (Å²) in [5.74, 6) is -0.279. The Hall–Kier alpha value is -2.19. The smallest absolute Gasteiger partial charge is 0.251 e. The number of rotatable bonds is 8. The lowest BCUT2D eigenvalue weighted by molar-refractivity contribution is 0.0952. The summed E-state index contributed by atoms with van der Waals surface area (Å²) in [5.41, 5.74) is 0.341. The van der Waals surface area contributed by atoms with Gasteiger partial charge in [0.15, 0.2) is 0 Å². The average molecular weight is 348 g/mol. The third-order valence-electron chi connectivity index (χ3n) is 3.71. The lowest BCUT2D eigenvalue weighted by Crippen LogP contribution is -2.27. The third-order valence-corrected chi connectivity index (χ3v) is 5.23. The van der Waals surface area contributed by atoms with Crippen molar-refractivity contribution >= 4 is 15.9 Å². The molecule has 8 heteroatoms. The van der Waals surface area contributed by atoms with Gasteiger partial charge in [-0.2, -0.15) is 5.10 Å². The van der Waals surface area contributed by atoms with Gasteiger partial charge in [-0.15, -0.1) is 0 Å². The van der Waals surface area contributed by atoms with E-state index in [4.69, 9.17) is 0 Å². The van der Waals surface area contributed by atoms with Gasteiger partial charge < -0.3 is 5.32 Å². The molecule has 1 saturated carbocycles. The summed E-state index contributed by atoms with van der Waals surface area (Å²) >= 11 is 0. The summed E-state index contributed by atoms with van der Waals surface area (Å²) in [4.78, 5) is 12.3. The summed E-state index contributed by atoms with van der Waals surface area (Å²) in [6, 6.07) is 7.99. The first-order chi connectivity index (χ1) is 11.5. The van der Waals surface area contributed by atoms with Gasteiger partial charge in [-0.25, -0.2) is 13.1 Å². The van der Waals surface area contributed by atoms with Gasteiger partial charge in [-0.05, 0) is 43.5 Å². The lowest BCUT2D eigenvalue weighted by atomic mass is 10.2. The number of hydrogen-bond acceptors (Lipinski definition) is 4. The van der Waals surface area contributed by atoms with Crippen molar-refractivity contribution in [3.63, 3.8) is 0 Å². The Morgan fingerprint density at radius 1 is 1.29 bits per heavy atom. The average Bonchev–Trinajstić information content (AvgIpc) is 3.22. The first kappa shape index (κ1) is 16.7. The van der Waals surface area contributed by atoms with Crippen molar-refractivity contribution in [1.29, 1.82) is 0 Å². The summed E-state index contributed by atoms with van der Waals surface area (Å²) < 4.78 is 28.8. The highest BCUT2D eigenvalue weighted by Crippen LogP contribution is 2.22. The van der Waals surface area contributed by atoms with E-state index in [0.29, 0.717) is 18.7 Å². The van der Waals surface area contributed by atoms with E-state index >= 15 is 0 Å². The quantitative estimate of drug-likeness (QED) is 0.700. The molecule has 128 valence electrons. The molecular weight excluding hydrogens is 328 g/mol.